The number of rotatable bonds is 4. The summed E-state index contributed by atoms with van der Waals surface area (Å²) in [4.78, 5) is 16.6. The van der Waals surface area contributed by atoms with Crippen LogP contribution in [0.15, 0.2) is 59.9 Å². The first kappa shape index (κ1) is 14.5. The number of hydrogen-bond donors (Lipinski definition) is 1. The fourth-order valence-corrected chi connectivity index (χ4v) is 1.90. The second-order valence-corrected chi connectivity index (χ2v) is 4.60. The molecule has 1 N–H and O–H groups in total. The Morgan fingerprint density at radius 3 is 2.52 bits per heavy atom. The molecule has 1 heterocycles. The molecule has 1 aromatic carbocycles. The van der Waals surface area contributed by atoms with Gasteiger partial charge in [-0.1, -0.05) is 36.4 Å². The fraction of sp³-hybridized carbons (Fsp3) is 0.118. The van der Waals surface area contributed by atoms with Crippen LogP contribution in [0.2, 0.25) is 0 Å². The van der Waals surface area contributed by atoms with Crippen LogP contribution < -0.4 is 5.32 Å². The van der Waals surface area contributed by atoms with Crippen LogP contribution >= 0.6 is 0 Å². The number of ketones is 1. The molecule has 0 unspecified atom stereocenters. The van der Waals surface area contributed by atoms with E-state index in [0.29, 0.717) is 17.1 Å². The number of aryl methyl sites for hydroxylation is 1. The van der Waals surface area contributed by atoms with E-state index in [9.17, 15) is 10.1 Å². The summed E-state index contributed by atoms with van der Waals surface area (Å²) < 4.78 is 0. The molecule has 0 radical (unpaired) electrons. The van der Waals surface area contributed by atoms with E-state index in [0.717, 1.165) is 5.56 Å². The van der Waals surface area contributed by atoms with Gasteiger partial charge >= 0.3 is 0 Å². The Bertz CT molecular complexity index is 727. The molecule has 4 nitrogen and oxygen atoms in total. The van der Waals surface area contributed by atoms with Crippen molar-refractivity contribution in [2.24, 2.45) is 0 Å². The van der Waals surface area contributed by atoms with E-state index in [2.05, 4.69) is 10.3 Å². The predicted molar refractivity (Wildman–Crippen MR) is 81.7 cm³/mol. The summed E-state index contributed by atoms with van der Waals surface area (Å²) in [6, 6.07) is 14.5. The molecular formula is C17H15N3O. The van der Waals surface area contributed by atoms with Gasteiger partial charge in [0.2, 0.25) is 5.78 Å². The number of nitrogens with one attached hydrogen (secondary N) is 1. The van der Waals surface area contributed by atoms with Crippen molar-refractivity contribution in [1.29, 1.82) is 5.26 Å². The van der Waals surface area contributed by atoms with Crippen molar-refractivity contribution in [2.75, 3.05) is 5.32 Å². The second kappa shape index (κ2) is 6.49. The quantitative estimate of drug-likeness (QED) is 0.528. The number of hydrogen-bond acceptors (Lipinski definition) is 4. The molecule has 2 aromatic rings. The van der Waals surface area contributed by atoms with Gasteiger partial charge in [-0.25, -0.2) is 4.98 Å². The van der Waals surface area contributed by atoms with Crippen molar-refractivity contribution in [3.05, 3.63) is 71.1 Å². The minimum Gasteiger partial charge on any atom is -0.342 e. The number of carbonyl (C=O) groups excluding carboxylic acids is 1. The van der Waals surface area contributed by atoms with E-state index < -0.39 is 0 Å². The number of aromatic nitrogens is 1. The van der Waals surface area contributed by atoms with Gasteiger partial charge < -0.3 is 5.32 Å². The predicted octanol–water partition coefficient (Wildman–Crippen LogP) is 3.48. The molecule has 0 aliphatic carbocycles. The zero-order valence-electron chi connectivity index (χ0n) is 11.9. The van der Waals surface area contributed by atoms with Crippen LogP contribution in [0.4, 0.5) is 5.82 Å². The Hall–Kier alpha value is -2.93. The third-order valence-electron chi connectivity index (χ3n) is 3.07. The van der Waals surface area contributed by atoms with Crippen LogP contribution in [0.1, 0.15) is 22.8 Å². The molecule has 21 heavy (non-hydrogen) atoms. The third-order valence-corrected chi connectivity index (χ3v) is 3.07. The van der Waals surface area contributed by atoms with Crippen molar-refractivity contribution in [3.63, 3.8) is 0 Å². The maximum atomic E-state index is 12.4. The first-order valence-corrected chi connectivity index (χ1v) is 6.53. The number of allylic oxidation sites excluding steroid dienone is 2. The summed E-state index contributed by atoms with van der Waals surface area (Å²) in [5.74, 6) is 0.347. The molecule has 0 amide bonds. The van der Waals surface area contributed by atoms with Crippen LogP contribution in [0.25, 0.3) is 0 Å². The molecule has 0 aliphatic rings. The molecule has 0 fully saturated rings. The van der Waals surface area contributed by atoms with Gasteiger partial charge in [-0.05, 0) is 25.5 Å². The highest BCUT2D eigenvalue weighted by molar-refractivity contribution is 6.11. The maximum absolute atomic E-state index is 12.4. The summed E-state index contributed by atoms with van der Waals surface area (Å²) in [5, 5.41) is 12.3. The van der Waals surface area contributed by atoms with Crippen molar-refractivity contribution in [2.45, 2.75) is 13.8 Å². The third kappa shape index (κ3) is 3.34. The SMILES string of the molecule is C/C(Nc1ncccc1C)=C(/C#N)C(=O)c1ccccc1. The number of nitrogens with zero attached hydrogens (tertiary/aromatic N) is 2. The molecule has 0 spiro atoms. The molecule has 4 heteroatoms. The minimum atomic E-state index is -0.295. The van der Waals surface area contributed by atoms with Gasteiger partial charge in [0.25, 0.3) is 0 Å². The van der Waals surface area contributed by atoms with Crippen LogP contribution in [-0.4, -0.2) is 10.8 Å². The highest BCUT2D eigenvalue weighted by atomic mass is 16.1. The Morgan fingerprint density at radius 1 is 1.19 bits per heavy atom. The number of anilines is 1. The van der Waals surface area contributed by atoms with Crippen molar-refractivity contribution in [1.82, 2.24) is 4.98 Å². The lowest BCUT2D eigenvalue weighted by Gasteiger charge is -2.10. The van der Waals surface area contributed by atoms with Gasteiger partial charge in [-0.15, -0.1) is 0 Å². The van der Waals surface area contributed by atoms with E-state index in [-0.39, 0.29) is 11.4 Å². The highest BCUT2D eigenvalue weighted by Gasteiger charge is 2.15. The zero-order chi connectivity index (χ0) is 15.2. The smallest absolute Gasteiger partial charge is 0.205 e. The molecule has 0 atom stereocenters. The van der Waals surface area contributed by atoms with E-state index in [1.165, 1.54) is 0 Å². The van der Waals surface area contributed by atoms with Crippen LogP contribution in [-0.2, 0) is 0 Å². The Morgan fingerprint density at radius 2 is 1.90 bits per heavy atom. The Kier molecular flexibility index (Phi) is 4.47. The van der Waals surface area contributed by atoms with Gasteiger partial charge in [-0.3, -0.25) is 4.79 Å². The summed E-state index contributed by atoms with van der Waals surface area (Å²) >= 11 is 0. The zero-order valence-corrected chi connectivity index (χ0v) is 11.9. The average molecular weight is 277 g/mol. The van der Waals surface area contributed by atoms with Crippen LogP contribution in [0.3, 0.4) is 0 Å². The van der Waals surface area contributed by atoms with Crippen molar-refractivity contribution >= 4 is 11.6 Å². The maximum Gasteiger partial charge on any atom is 0.205 e. The van der Waals surface area contributed by atoms with Gasteiger partial charge in [0, 0.05) is 17.5 Å². The van der Waals surface area contributed by atoms with Gasteiger partial charge in [-0.2, -0.15) is 5.26 Å². The highest BCUT2D eigenvalue weighted by Crippen LogP contribution is 2.16. The number of benzene rings is 1. The summed E-state index contributed by atoms with van der Waals surface area (Å²) in [5.41, 5.74) is 2.02. The lowest BCUT2D eigenvalue weighted by Crippen LogP contribution is -2.10. The molecule has 104 valence electrons. The minimum absolute atomic E-state index is 0.0891. The molecule has 0 saturated carbocycles. The van der Waals surface area contributed by atoms with Gasteiger partial charge in [0.05, 0.1) is 0 Å². The topological polar surface area (TPSA) is 65.8 Å². The lowest BCUT2D eigenvalue weighted by atomic mass is 10.0. The second-order valence-electron chi connectivity index (χ2n) is 4.60. The van der Waals surface area contributed by atoms with E-state index in [4.69, 9.17) is 0 Å². The fourth-order valence-electron chi connectivity index (χ4n) is 1.90. The Balaban J connectivity index is 2.33. The number of carbonyl (C=O) groups is 1. The van der Waals surface area contributed by atoms with Crippen molar-refractivity contribution < 1.29 is 4.79 Å². The monoisotopic (exact) mass is 277 g/mol. The van der Waals surface area contributed by atoms with Crippen LogP contribution in [0.5, 0.6) is 0 Å². The summed E-state index contributed by atoms with van der Waals surface area (Å²) in [6.07, 6.45) is 1.66. The standard InChI is InChI=1S/C17H15N3O/c1-12-7-6-10-19-17(12)20-13(2)15(11-18)16(21)14-8-4-3-5-9-14/h3-10H,1-2H3,(H,19,20)/b15-13+. The van der Waals surface area contributed by atoms with Crippen LogP contribution in [0, 0.1) is 18.3 Å². The van der Waals surface area contributed by atoms with E-state index in [1.54, 1.807) is 37.4 Å². The van der Waals surface area contributed by atoms with Gasteiger partial charge in [0.15, 0.2) is 0 Å². The molecule has 1 aromatic heterocycles. The molecule has 2 rings (SSSR count). The van der Waals surface area contributed by atoms with E-state index >= 15 is 0 Å². The lowest BCUT2D eigenvalue weighted by molar-refractivity contribution is 0.103. The van der Waals surface area contributed by atoms with E-state index in [1.807, 2.05) is 31.2 Å². The van der Waals surface area contributed by atoms with Gasteiger partial charge in [0.1, 0.15) is 17.5 Å². The number of Topliss-reactive ketones (excluding diaryl/α,β-unsaturated/α-hetero) is 1. The Labute approximate surface area is 123 Å². The molecular weight excluding hydrogens is 262 g/mol. The first-order valence-electron chi connectivity index (χ1n) is 6.53. The summed E-state index contributed by atoms with van der Waals surface area (Å²) in [6.45, 7) is 3.61. The molecule has 0 aliphatic heterocycles. The average Bonchev–Trinajstić information content (AvgIpc) is 2.51. The number of nitriles is 1. The largest absolute Gasteiger partial charge is 0.342 e. The van der Waals surface area contributed by atoms with Crippen molar-refractivity contribution in [3.8, 4) is 6.07 Å². The normalized spacial score (nSPS) is 11.3. The molecule has 0 bridgehead atoms. The molecule has 0 saturated heterocycles. The summed E-state index contributed by atoms with van der Waals surface area (Å²) in [7, 11) is 0. The number of pyridine rings is 1. The first-order chi connectivity index (χ1) is 10.1.